The van der Waals surface area contributed by atoms with Crippen LogP contribution >= 0.6 is 0 Å². The Morgan fingerprint density at radius 1 is 1.10 bits per heavy atom. The van der Waals surface area contributed by atoms with Gasteiger partial charge in [0.1, 0.15) is 0 Å². The smallest absolute Gasteiger partial charge is 0.384 e. The number of hydrogen-bond donors (Lipinski definition) is 1. The van der Waals surface area contributed by atoms with Crippen LogP contribution in [0.1, 0.15) is 27.0 Å². The molecule has 1 aliphatic rings. The fourth-order valence-electron chi connectivity index (χ4n) is 2.53. The molecular weight excluding hydrogens is 279 g/mol. The van der Waals surface area contributed by atoms with E-state index in [1.54, 1.807) is 18.2 Å². The zero-order valence-electron chi connectivity index (χ0n) is 11.0. The van der Waals surface area contributed by atoms with E-state index < -0.39 is 17.5 Å². The van der Waals surface area contributed by atoms with Crippen LogP contribution in [0, 0.1) is 0 Å². The third kappa shape index (κ3) is 2.51. The fourth-order valence-corrected chi connectivity index (χ4v) is 2.53. The Balaban J connectivity index is 2.03. The van der Waals surface area contributed by atoms with Crippen molar-refractivity contribution in [1.82, 2.24) is 0 Å². The van der Waals surface area contributed by atoms with E-state index in [9.17, 15) is 18.0 Å². The van der Waals surface area contributed by atoms with Crippen molar-refractivity contribution in [3.8, 4) is 0 Å². The molecule has 0 radical (unpaired) electrons. The highest BCUT2D eigenvalue weighted by Crippen LogP contribution is 2.33. The van der Waals surface area contributed by atoms with Gasteiger partial charge in [-0.05, 0) is 36.2 Å². The Morgan fingerprint density at radius 2 is 1.86 bits per heavy atom. The second-order valence-electron chi connectivity index (χ2n) is 4.92. The molecule has 21 heavy (non-hydrogen) atoms. The van der Waals surface area contributed by atoms with Crippen LogP contribution in [0.15, 0.2) is 42.5 Å². The minimum Gasteiger partial charge on any atom is -0.384 e. The summed E-state index contributed by atoms with van der Waals surface area (Å²) in [6, 6.07) is 9.85. The number of carbonyl (C=O) groups excluding carboxylic acids is 1. The van der Waals surface area contributed by atoms with Gasteiger partial charge >= 0.3 is 6.18 Å². The topological polar surface area (TPSA) is 29.1 Å². The van der Waals surface area contributed by atoms with E-state index in [1.807, 2.05) is 0 Å². The highest BCUT2D eigenvalue weighted by molar-refractivity contribution is 6.10. The number of hydrogen-bond acceptors (Lipinski definition) is 2. The SMILES string of the molecule is O=C(c1ccc2c(c1)CCN2)c1ccccc1C(F)(F)F. The maximum atomic E-state index is 13.0. The van der Waals surface area contributed by atoms with Gasteiger partial charge in [-0.2, -0.15) is 13.2 Å². The largest absolute Gasteiger partial charge is 0.417 e. The first kappa shape index (κ1) is 13.7. The van der Waals surface area contributed by atoms with Crippen molar-refractivity contribution in [2.24, 2.45) is 0 Å². The summed E-state index contributed by atoms with van der Waals surface area (Å²) in [4.78, 5) is 12.4. The average Bonchev–Trinajstić information content (AvgIpc) is 2.93. The van der Waals surface area contributed by atoms with Gasteiger partial charge in [-0.3, -0.25) is 4.79 Å². The lowest BCUT2D eigenvalue weighted by atomic mass is 9.96. The van der Waals surface area contributed by atoms with Crippen LogP contribution in [0.2, 0.25) is 0 Å². The summed E-state index contributed by atoms with van der Waals surface area (Å²) in [6.45, 7) is 0.784. The number of halogens is 3. The Morgan fingerprint density at radius 3 is 2.62 bits per heavy atom. The molecule has 1 heterocycles. The first-order valence-corrected chi connectivity index (χ1v) is 6.54. The van der Waals surface area contributed by atoms with Crippen molar-refractivity contribution in [3.63, 3.8) is 0 Å². The van der Waals surface area contributed by atoms with Crippen molar-refractivity contribution >= 4 is 11.5 Å². The zero-order valence-corrected chi connectivity index (χ0v) is 11.0. The van der Waals surface area contributed by atoms with E-state index in [0.29, 0.717) is 0 Å². The van der Waals surface area contributed by atoms with Gasteiger partial charge in [0.05, 0.1) is 5.56 Å². The highest BCUT2D eigenvalue weighted by Gasteiger charge is 2.35. The van der Waals surface area contributed by atoms with Crippen molar-refractivity contribution in [1.29, 1.82) is 0 Å². The highest BCUT2D eigenvalue weighted by atomic mass is 19.4. The molecule has 0 fully saturated rings. The minimum absolute atomic E-state index is 0.286. The van der Waals surface area contributed by atoms with E-state index in [2.05, 4.69) is 5.32 Å². The molecule has 2 aromatic carbocycles. The summed E-state index contributed by atoms with van der Waals surface area (Å²) in [7, 11) is 0. The van der Waals surface area contributed by atoms with Crippen LogP contribution < -0.4 is 5.32 Å². The number of anilines is 1. The number of fused-ring (bicyclic) bond motifs is 1. The number of benzene rings is 2. The second kappa shape index (κ2) is 4.91. The van der Waals surface area contributed by atoms with E-state index in [1.165, 1.54) is 18.2 Å². The summed E-state index contributed by atoms with van der Waals surface area (Å²) in [6.07, 6.45) is -3.76. The summed E-state index contributed by atoms with van der Waals surface area (Å²) in [5.41, 5.74) is 0.986. The van der Waals surface area contributed by atoms with Crippen LogP contribution in [0.4, 0.5) is 18.9 Å². The minimum atomic E-state index is -4.54. The normalized spacial score (nSPS) is 13.7. The number of rotatable bonds is 2. The standard InChI is InChI=1S/C16H12F3NO/c17-16(18,19)13-4-2-1-3-12(13)15(21)11-5-6-14-10(9-11)7-8-20-14/h1-6,9,20H,7-8H2. The molecule has 2 nitrogen and oxygen atoms in total. The molecule has 0 saturated carbocycles. The number of ketones is 1. The van der Waals surface area contributed by atoms with E-state index in [0.717, 1.165) is 30.3 Å². The Kier molecular flexibility index (Phi) is 3.20. The lowest BCUT2D eigenvalue weighted by molar-refractivity contribution is -0.137. The van der Waals surface area contributed by atoms with Gasteiger partial charge in [-0.1, -0.05) is 18.2 Å². The predicted molar refractivity (Wildman–Crippen MR) is 73.5 cm³/mol. The van der Waals surface area contributed by atoms with Crippen molar-refractivity contribution < 1.29 is 18.0 Å². The van der Waals surface area contributed by atoms with Gasteiger partial charge in [-0.15, -0.1) is 0 Å². The van der Waals surface area contributed by atoms with Crippen LogP contribution in [0.25, 0.3) is 0 Å². The molecule has 3 rings (SSSR count). The van der Waals surface area contributed by atoms with Crippen LogP contribution in [-0.2, 0) is 12.6 Å². The molecule has 108 valence electrons. The third-order valence-electron chi connectivity index (χ3n) is 3.55. The molecule has 0 aromatic heterocycles. The lowest BCUT2D eigenvalue weighted by Gasteiger charge is -2.12. The lowest BCUT2D eigenvalue weighted by Crippen LogP contribution is -2.13. The fraction of sp³-hybridized carbons (Fsp3) is 0.188. The summed E-state index contributed by atoms with van der Waals surface area (Å²) >= 11 is 0. The molecule has 2 aromatic rings. The molecule has 1 N–H and O–H groups in total. The van der Waals surface area contributed by atoms with Gasteiger partial charge in [0.25, 0.3) is 0 Å². The molecule has 0 unspecified atom stereocenters. The van der Waals surface area contributed by atoms with Gasteiger partial charge in [0.15, 0.2) is 5.78 Å². The molecule has 0 amide bonds. The number of carbonyl (C=O) groups is 1. The average molecular weight is 291 g/mol. The van der Waals surface area contributed by atoms with Gasteiger partial charge in [-0.25, -0.2) is 0 Å². The zero-order chi connectivity index (χ0) is 15.0. The monoisotopic (exact) mass is 291 g/mol. The quantitative estimate of drug-likeness (QED) is 0.850. The maximum Gasteiger partial charge on any atom is 0.417 e. The van der Waals surface area contributed by atoms with Crippen molar-refractivity contribution in [3.05, 3.63) is 64.7 Å². The molecule has 1 aliphatic heterocycles. The summed E-state index contributed by atoms with van der Waals surface area (Å²) in [5, 5.41) is 3.15. The third-order valence-corrected chi connectivity index (χ3v) is 3.55. The molecule has 0 spiro atoms. The summed E-state index contributed by atoms with van der Waals surface area (Å²) in [5.74, 6) is -0.599. The number of alkyl halides is 3. The molecular formula is C16H12F3NO. The Hall–Kier alpha value is -2.30. The Labute approximate surface area is 119 Å². The Bertz CT molecular complexity index is 707. The summed E-state index contributed by atoms with van der Waals surface area (Å²) < 4.78 is 38.9. The molecule has 0 atom stereocenters. The van der Waals surface area contributed by atoms with Crippen LogP contribution in [0.3, 0.4) is 0 Å². The first-order valence-electron chi connectivity index (χ1n) is 6.54. The van der Waals surface area contributed by atoms with Crippen molar-refractivity contribution in [2.45, 2.75) is 12.6 Å². The van der Waals surface area contributed by atoms with Crippen molar-refractivity contribution in [2.75, 3.05) is 11.9 Å². The van der Waals surface area contributed by atoms with Gasteiger partial charge < -0.3 is 5.32 Å². The maximum absolute atomic E-state index is 13.0. The molecule has 0 saturated heterocycles. The molecule has 0 aliphatic carbocycles. The van der Waals surface area contributed by atoms with Crippen LogP contribution in [-0.4, -0.2) is 12.3 Å². The van der Waals surface area contributed by atoms with Crippen LogP contribution in [0.5, 0.6) is 0 Å². The number of nitrogens with one attached hydrogen (secondary N) is 1. The van der Waals surface area contributed by atoms with E-state index in [4.69, 9.17) is 0 Å². The van der Waals surface area contributed by atoms with E-state index in [-0.39, 0.29) is 11.1 Å². The predicted octanol–water partition coefficient (Wildman–Crippen LogP) is 3.90. The van der Waals surface area contributed by atoms with E-state index >= 15 is 0 Å². The van der Waals surface area contributed by atoms with Gasteiger partial charge in [0.2, 0.25) is 0 Å². The molecule has 5 heteroatoms. The van der Waals surface area contributed by atoms with Gasteiger partial charge in [0, 0.05) is 23.4 Å². The molecule has 0 bridgehead atoms. The second-order valence-corrected chi connectivity index (χ2v) is 4.92. The first-order chi connectivity index (χ1) is 9.97.